The number of carbonyl (C=O) groups excluding carboxylic acids is 1. The van der Waals surface area contributed by atoms with Crippen LogP contribution in [0, 0.1) is 0 Å². The molecule has 0 unspecified atom stereocenters. The maximum atomic E-state index is 12.5. The zero-order valence-electron chi connectivity index (χ0n) is 18.6. The Labute approximate surface area is 202 Å². The molecule has 4 nitrogen and oxygen atoms in total. The first-order valence-corrected chi connectivity index (χ1v) is 12.0. The molecule has 0 amide bonds. The number of para-hydroxylation sites is 1. The predicted molar refractivity (Wildman–Crippen MR) is 137 cm³/mol. The molecule has 1 atom stereocenters. The van der Waals surface area contributed by atoms with Gasteiger partial charge in [0.15, 0.2) is 0 Å². The third-order valence-corrected chi connectivity index (χ3v) is 8.06. The second-order valence-electron chi connectivity index (χ2n) is 8.35. The third kappa shape index (κ3) is 2.94. The van der Waals surface area contributed by atoms with Crippen molar-refractivity contribution in [3.63, 3.8) is 0 Å². The van der Waals surface area contributed by atoms with Gasteiger partial charge in [-0.2, -0.15) is 0 Å². The van der Waals surface area contributed by atoms with Crippen LogP contribution >= 0.6 is 11.8 Å². The molecule has 0 saturated heterocycles. The van der Waals surface area contributed by atoms with E-state index in [9.17, 15) is 4.79 Å². The zero-order chi connectivity index (χ0) is 23.2. The van der Waals surface area contributed by atoms with E-state index in [1.165, 1.54) is 6.92 Å². The van der Waals surface area contributed by atoms with Crippen LogP contribution < -0.4 is 5.01 Å². The van der Waals surface area contributed by atoms with Gasteiger partial charge in [0.1, 0.15) is 0 Å². The van der Waals surface area contributed by atoms with Gasteiger partial charge < -0.3 is 4.74 Å². The number of hydrogen-bond donors (Lipinski definition) is 0. The maximum absolute atomic E-state index is 12.5. The van der Waals surface area contributed by atoms with E-state index in [-0.39, 0.29) is 11.7 Å². The lowest BCUT2D eigenvalue weighted by molar-refractivity contribution is -0.112. The van der Waals surface area contributed by atoms with Gasteiger partial charge in [0.05, 0.1) is 10.4 Å². The van der Waals surface area contributed by atoms with Gasteiger partial charge in [-0.05, 0) is 28.8 Å². The number of nitrogens with zero attached hydrogens (tertiary/aromatic N) is 2. The summed E-state index contributed by atoms with van der Waals surface area (Å²) in [6.45, 7) is 1.49. The Kier molecular flexibility index (Phi) is 4.82. The first-order valence-electron chi connectivity index (χ1n) is 11.2. The summed E-state index contributed by atoms with van der Waals surface area (Å²) in [6.07, 6.45) is 0. The summed E-state index contributed by atoms with van der Waals surface area (Å²) < 4.78 is 5.99. The van der Waals surface area contributed by atoms with E-state index in [0.29, 0.717) is 0 Å². The van der Waals surface area contributed by atoms with Gasteiger partial charge in [-0.25, -0.2) is 5.01 Å². The lowest BCUT2D eigenvalue weighted by atomic mass is 9.82. The molecule has 0 radical (unpaired) electrons. The molecule has 166 valence electrons. The van der Waals surface area contributed by atoms with Crippen LogP contribution in [-0.2, 0) is 19.3 Å². The summed E-state index contributed by atoms with van der Waals surface area (Å²) in [5.74, 6) is -0.0871. The van der Waals surface area contributed by atoms with Crippen molar-refractivity contribution in [1.82, 2.24) is 0 Å². The number of carbonyl (C=O) groups is 1. The number of Topliss-reactive ketones (excluding diaryl/α,β-unsaturated/α-hetero) is 1. The standard InChI is InChI=1S/C29H22N2O2S/c1-21(32)27-30-31(24-17-9-4-10-18-24)29(33-27)26-20-12-11-19-25(26)28(34-29,22-13-5-2-6-14-22)23-15-7-3-8-16-23/h2-20H,1H3/t29-/m1/s1. The second kappa shape index (κ2) is 7.89. The van der Waals surface area contributed by atoms with Gasteiger partial charge >= 0.3 is 0 Å². The molecule has 0 fully saturated rings. The average molecular weight is 463 g/mol. The van der Waals surface area contributed by atoms with Crippen LogP contribution in [0.5, 0.6) is 0 Å². The summed E-state index contributed by atoms with van der Waals surface area (Å²) >= 11 is 1.66. The molecular formula is C29H22N2O2S. The lowest BCUT2D eigenvalue weighted by Gasteiger charge is -2.36. The number of ketones is 1. The van der Waals surface area contributed by atoms with Gasteiger partial charge in [-0.15, -0.1) is 5.10 Å². The summed E-state index contributed by atoms with van der Waals surface area (Å²) in [7, 11) is 0. The Bertz CT molecular complexity index is 1350. The van der Waals surface area contributed by atoms with Gasteiger partial charge in [-0.3, -0.25) is 4.79 Å². The number of hydrogen-bond acceptors (Lipinski definition) is 5. The minimum atomic E-state index is -1.04. The molecule has 4 aromatic carbocycles. The molecule has 2 heterocycles. The molecule has 1 spiro atoms. The Hall–Kier alpha value is -3.83. The molecule has 4 aromatic rings. The first kappa shape index (κ1) is 20.8. The summed E-state index contributed by atoms with van der Waals surface area (Å²) in [6, 6.07) is 39.2. The monoisotopic (exact) mass is 462 g/mol. The Morgan fingerprint density at radius 3 is 1.79 bits per heavy atom. The molecule has 34 heavy (non-hydrogen) atoms. The highest BCUT2D eigenvalue weighted by Gasteiger charge is 2.62. The summed E-state index contributed by atoms with van der Waals surface area (Å²) in [5.41, 5.74) is 5.25. The van der Waals surface area contributed by atoms with E-state index in [0.717, 1.165) is 27.9 Å². The molecule has 6 rings (SSSR count). The predicted octanol–water partition coefficient (Wildman–Crippen LogP) is 6.27. The highest BCUT2D eigenvalue weighted by atomic mass is 32.2. The van der Waals surface area contributed by atoms with Crippen molar-refractivity contribution in [3.8, 4) is 0 Å². The number of ether oxygens (including phenoxy) is 1. The van der Waals surface area contributed by atoms with Crippen molar-refractivity contribution in [3.05, 3.63) is 138 Å². The van der Waals surface area contributed by atoms with E-state index in [4.69, 9.17) is 9.84 Å². The van der Waals surface area contributed by atoms with E-state index < -0.39 is 9.80 Å². The number of hydrazone groups is 1. The minimum absolute atomic E-state index is 0.114. The fraction of sp³-hybridized carbons (Fsp3) is 0.103. The second-order valence-corrected chi connectivity index (χ2v) is 9.72. The lowest BCUT2D eigenvalue weighted by Crippen LogP contribution is -2.38. The maximum Gasteiger partial charge on any atom is 0.281 e. The van der Waals surface area contributed by atoms with Gasteiger partial charge in [0.2, 0.25) is 5.78 Å². The molecule has 0 bridgehead atoms. The summed E-state index contributed by atoms with van der Waals surface area (Å²) in [4.78, 5) is 12.5. The van der Waals surface area contributed by atoms with Crippen molar-refractivity contribution in [2.24, 2.45) is 5.10 Å². The van der Waals surface area contributed by atoms with E-state index >= 15 is 0 Å². The van der Waals surface area contributed by atoms with Gasteiger partial charge in [0, 0.05) is 12.5 Å². The highest BCUT2D eigenvalue weighted by molar-refractivity contribution is 8.01. The van der Waals surface area contributed by atoms with E-state index in [2.05, 4.69) is 66.7 Å². The molecule has 2 aliphatic rings. The molecule has 0 aromatic heterocycles. The molecular weight excluding hydrogens is 440 g/mol. The molecule has 0 N–H and O–H groups in total. The van der Waals surface area contributed by atoms with Crippen LogP contribution in [0.4, 0.5) is 5.69 Å². The molecule has 0 aliphatic carbocycles. The largest absolute Gasteiger partial charge is 0.431 e. The van der Waals surface area contributed by atoms with Crippen LogP contribution in [0.1, 0.15) is 29.2 Å². The Balaban J connectivity index is 1.65. The summed E-state index contributed by atoms with van der Waals surface area (Å²) in [5, 5.41) is 5.53. The Morgan fingerprint density at radius 2 is 1.24 bits per heavy atom. The number of rotatable bonds is 4. The molecule has 5 heteroatoms. The van der Waals surface area contributed by atoms with Crippen LogP contribution in [-0.4, -0.2) is 11.7 Å². The smallest absolute Gasteiger partial charge is 0.281 e. The number of thioether (sulfide) groups is 1. The van der Waals surface area contributed by atoms with Crippen molar-refractivity contribution in [2.75, 3.05) is 5.01 Å². The fourth-order valence-electron chi connectivity index (χ4n) is 4.85. The number of benzene rings is 4. The normalized spacial score (nSPS) is 20.0. The first-order chi connectivity index (χ1) is 16.6. The highest BCUT2D eigenvalue weighted by Crippen LogP contribution is 2.66. The molecule has 0 saturated carbocycles. The van der Waals surface area contributed by atoms with Crippen LogP contribution in [0.25, 0.3) is 0 Å². The van der Waals surface area contributed by atoms with Crippen molar-refractivity contribution < 1.29 is 9.53 Å². The third-order valence-electron chi connectivity index (χ3n) is 6.31. The van der Waals surface area contributed by atoms with Gasteiger partial charge in [0.25, 0.3) is 11.0 Å². The Morgan fingerprint density at radius 1 is 0.735 bits per heavy atom. The zero-order valence-corrected chi connectivity index (χ0v) is 19.4. The average Bonchev–Trinajstić information content (AvgIpc) is 3.43. The van der Waals surface area contributed by atoms with E-state index in [1.807, 2.05) is 53.5 Å². The topological polar surface area (TPSA) is 41.9 Å². The van der Waals surface area contributed by atoms with Crippen molar-refractivity contribution in [1.29, 1.82) is 0 Å². The number of fused-ring (bicyclic) bond motifs is 2. The van der Waals surface area contributed by atoms with Crippen molar-refractivity contribution >= 4 is 29.1 Å². The quantitative estimate of drug-likeness (QED) is 0.358. The van der Waals surface area contributed by atoms with Crippen LogP contribution in [0.15, 0.2) is 120 Å². The SMILES string of the molecule is CC(=O)C1=NN(c2ccccc2)[C@]2(O1)SC(c1ccccc1)(c1ccccc1)c1ccccc12. The fourth-order valence-corrected chi connectivity index (χ4v) is 6.70. The van der Waals surface area contributed by atoms with Crippen LogP contribution in [0.2, 0.25) is 0 Å². The number of anilines is 1. The minimum Gasteiger partial charge on any atom is -0.431 e. The molecule has 2 aliphatic heterocycles. The van der Waals surface area contributed by atoms with Crippen molar-refractivity contribution in [2.45, 2.75) is 16.7 Å². The van der Waals surface area contributed by atoms with Crippen LogP contribution in [0.3, 0.4) is 0 Å². The van der Waals surface area contributed by atoms with Gasteiger partial charge in [-0.1, -0.05) is 115 Å². The van der Waals surface area contributed by atoms with E-state index in [1.54, 1.807) is 11.8 Å².